The Labute approximate surface area is 220 Å². The zero-order valence-corrected chi connectivity index (χ0v) is 23.5. The molecule has 1 aromatic rings. The molecule has 0 aliphatic rings. The highest BCUT2D eigenvalue weighted by Crippen LogP contribution is 2.33. The number of hydrogen-bond donors (Lipinski definition) is 3. The van der Waals surface area contributed by atoms with E-state index in [9.17, 15) is 24.3 Å². The van der Waals surface area contributed by atoms with Crippen molar-refractivity contribution in [2.45, 2.75) is 91.5 Å². The van der Waals surface area contributed by atoms with E-state index in [1.165, 1.54) is 24.1 Å². The van der Waals surface area contributed by atoms with Crippen LogP contribution in [0.4, 0.5) is 4.79 Å². The van der Waals surface area contributed by atoms with Gasteiger partial charge >= 0.3 is 12.1 Å². The summed E-state index contributed by atoms with van der Waals surface area (Å²) < 4.78 is 10.0. The number of hydrogen-bond acceptors (Lipinski definition) is 7. The van der Waals surface area contributed by atoms with Gasteiger partial charge in [-0.3, -0.25) is 14.4 Å². The average molecular weight is 522 g/mol. The van der Waals surface area contributed by atoms with Crippen LogP contribution in [-0.4, -0.2) is 64.7 Å². The normalized spacial score (nSPS) is 13.4. The van der Waals surface area contributed by atoms with Gasteiger partial charge in [0.2, 0.25) is 11.8 Å². The van der Waals surface area contributed by atoms with Crippen LogP contribution in [0, 0.1) is 5.92 Å². The van der Waals surface area contributed by atoms with Gasteiger partial charge in [0.05, 0.1) is 7.11 Å². The highest BCUT2D eigenvalue weighted by molar-refractivity contribution is 5.93. The summed E-state index contributed by atoms with van der Waals surface area (Å²) in [5.74, 6) is -1.69. The Morgan fingerprint density at radius 2 is 1.59 bits per heavy atom. The molecule has 1 rings (SSSR count). The van der Waals surface area contributed by atoms with E-state index in [0.29, 0.717) is 18.4 Å². The number of aromatic hydroxyl groups is 1. The summed E-state index contributed by atoms with van der Waals surface area (Å²) in [6, 6.07) is 3.78. The molecular formula is C27H43N3O7. The molecule has 0 aliphatic carbocycles. The minimum Gasteiger partial charge on any atom is -0.508 e. The second-order valence-corrected chi connectivity index (χ2v) is 11.0. The third-order valence-corrected chi connectivity index (χ3v) is 5.80. The van der Waals surface area contributed by atoms with Crippen molar-refractivity contribution < 1.29 is 33.8 Å². The van der Waals surface area contributed by atoms with Crippen LogP contribution in [0.1, 0.15) is 79.8 Å². The van der Waals surface area contributed by atoms with Crippen molar-refractivity contribution in [1.29, 1.82) is 0 Å². The van der Waals surface area contributed by atoms with E-state index in [0.717, 1.165) is 0 Å². The third kappa shape index (κ3) is 9.93. The zero-order chi connectivity index (χ0) is 28.6. The Bertz CT molecular complexity index is 936. The number of nitrogens with zero attached hydrogens (tertiary/aromatic N) is 1. The maximum atomic E-state index is 14.2. The highest BCUT2D eigenvalue weighted by Gasteiger charge is 2.43. The molecule has 3 N–H and O–H groups in total. The summed E-state index contributed by atoms with van der Waals surface area (Å²) in [6.07, 6.45) is 0.0518. The van der Waals surface area contributed by atoms with Gasteiger partial charge in [0.15, 0.2) is 0 Å². The van der Waals surface area contributed by atoms with Crippen molar-refractivity contribution in [3.8, 4) is 5.75 Å². The molecule has 0 fully saturated rings. The quantitative estimate of drug-likeness (QED) is 0.378. The van der Waals surface area contributed by atoms with Crippen LogP contribution in [0.2, 0.25) is 0 Å². The fourth-order valence-electron chi connectivity index (χ4n) is 3.66. The van der Waals surface area contributed by atoms with Crippen molar-refractivity contribution in [2.75, 3.05) is 13.7 Å². The number of rotatable bonds is 11. The lowest BCUT2D eigenvalue weighted by Crippen LogP contribution is -2.59. The van der Waals surface area contributed by atoms with Crippen LogP contribution in [0.5, 0.6) is 5.75 Å². The summed E-state index contributed by atoms with van der Waals surface area (Å²) in [6.45, 7) is 14.2. The second kappa shape index (κ2) is 13.3. The molecule has 0 aromatic heterocycles. The van der Waals surface area contributed by atoms with Crippen molar-refractivity contribution in [2.24, 2.45) is 5.92 Å². The first-order valence-electron chi connectivity index (χ1n) is 12.5. The van der Waals surface area contributed by atoms with Gasteiger partial charge in [0.1, 0.15) is 30.0 Å². The van der Waals surface area contributed by atoms with E-state index in [1.807, 2.05) is 34.6 Å². The molecule has 0 heterocycles. The molecule has 0 spiro atoms. The number of esters is 1. The fraction of sp³-hybridized carbons (Fsp3) is 0.630. The second-order valence-electron chi connectivity index (χ2n) is 11.0. The van der Waals surface area contributed by atoms with E-state index in [2.05, 4.69) is 15.4 Å². The summed E-state index contributed by atoms with van der Waals surface area (Å²) >= 11 is 0. The van der Waals surface area contributed by atoms with E-state index in [1.54, 1.807) is 32.9 Å². The van der Waals surface area contributed by atoms with Crippen molar-refractivity contribution in [3.63, 3.8) is 0 Å². The first-order valence-corrected chi connectivity index (χ1v) is 12.5. The van der Waals surface area contributed by atoms with Gasteiger partial charge in [-0.2, -0.15) is 0 Å². The topological polar surface area (TPSA) is 134 Å². The molecule has 2 unspecified atom stereocenters. The summed E-state index contributed by atoms with van der Waals surface area (Å²) in [7, 11) is 1.21. The molecule has 0 radical (unpaired) electrons. The summed E-state index contributed by atoms with van der Waals surface area (Å²) in [5.41, 5.74) is -1.18. The van der Waals surface area contributed by atoms with Crippen LogP contribution >= 0.6 is 0 Å². The third-order valence-electron chi connectivity index (χ3n) is 5.80. The molecule has 208 valence electrons. The lowest BCUT2D eigenvalue weighted by molar-refractivity contribution is -0.150. The van der Waals surface area contributed by atoms with E-state index in [-0.39, 0.29) is 18.2 Å². The number of carbonyl (C=O) groups excluding carboxylic acids is 4. The standard InChI is InChI=1S/C27H43N3O7/c1-10-27(7,8)30(24(34)20(15-17(2)3)29-25(35)37-26(4,5)6)22(18-11-13-19(31)14-12-18)23(33)28-16-21(32)36-9/h11-14,17,20,22,31H,10,15-16H2,1-9H3,(H,28,33)(H,29,35). The molecular weight excluding hydrogens is 478 g/mol. The molecule has 2 atom stereocenters. The van der Waals surface area contributed by atoms with Crippen molar-refractivity contribution in [3.05, 3.63) is 29.8 Å². The fourth-order valence-corrected chi connectivity index (χ4v) is 3.66. The maximum absolute atomic E-state index is 14.2. The maximum Gasteiger partial charge on any atom is 0.408 e. The van der Waals surface area contributed by atoms with E-state index in [4.69, 9.17) is 4.74 Å². The number of methoxy groups -OCH3 is 1. The van der Waals surface area contributed by atoms with Crippen LogP contribution in [0.15, 0.2) is 24.3 Å². The number of carbonyl (C=O) groups is 4. The highest BCUT2D eigenvalue weighted by atomic mass is 16.6. The molecule has 10 nitrogen and oxygen atoms in total. The molecule has 0 saturated carbocycles. The number of phenolic OH excluding ortho intramolecular Hbond substituents is 1. The lowest BCUT2D eigenvalue weighted by Gasteiger charge is -2.44. The average Bonchev–Trinajstić information content (AvgIpc) is 2.78. The molecule has 0 aliphatic heterocycles. The lowest BCUT2D eigenvalue weighted by atomic mass is 9.90. The number of ether oxygens (including phenoxy) is 2. The van der Waals surface area contributed by atoms with Gasteiger partial charge < -0.3 is 30.1 Å². The van der Waals surface area contributed by atoms with Gasteiger partial charge in [-0.1, -0.05) is 32.9 Å². The van der Waals surface area contributed by atoms with Crippen LogP contribution in [0.3, 0.4) is 0 Å². The van der Waals surface area contributed by atoms with Crippen LogP contribution in [-0.2, 0) is 23.9 Å². The summed E-state index contributed by atoms with van der Waals surface area (Å²) in [5, 5.41) is 15.1. The SMILES string of the molecule is CCC(C)(C)N(C(=O)C(CC(C)C)NC(=O)OC(C)(C)C)C(C(=O)NCC(=O)OC)c1ccc(O)cc1. The first kappa shape index (κ1) is 31.7. The van der Waals surface area contributed by atoms with Crippen LogP contribution in [0.25, 0.3) is 0 Å². The number of phenols is 1. The molecule has 0 bridgehead atoms. The number of nitrogens with one attached hydrogen (secondary N) is 2. The smallest absolute Gasteiger partial charge is 0.408 e. The van der Waals surface area contributed by atoms with Crippen LogP contribution < -0.4 is 10.6 Å². The monoisotopic (exact) mass is 521 g/mol. The largest absolute Gasteiger partial charge is 0.508 e. The molecule has 0 saturated heterocycles. The van der Waals surface area contributed by atoms with Gasteiger partial charge in [-0.25, -0.2) is 4.79 Å². The number of benzene rings is 1. The Morgan fingerprint density at radius 3 is 2.05 bits per heavy atom. The molecule has 1 aromatic carbocycles. The Hall–Kier alpha value is -3.30. The van der Waals surface area contributed by atoms with E-state index < -0.39 is 47.1 Å². The Balaban J connectivity index is 3.61. The van der Waals surface area contributed by atoms with Crippen molar-refractivity contribution >= 4 is 23.9 Å². The molecule has 10 heteroatoms. The Kier molecular flexibility index (Phi) is 11.4. The predicted octanol–water partition coefficient (Wildman–Crippen LogP) is 3.68. The van der Waals surface area contributed by atoms with Gasteiger partial charge in [0.25, 0.3) is 0 Å². The van der Waals surface area contributed by atoms with Gasteiger partial charge in [-0.05, 0) is 71.1 Å². The number of amides is 3. The predicted molar refractivity (Wildman–Crippen MR) is 140 cm³/mol. The van der Waals surface area contributed by atoms with E-state index >= 15 is 0 Å². The number of alkyl carbamates (subject to hydrolysis) is 1. The first-order chi connectivity index (χ1) is 17.0. The minimum atomic E-state index is -1.16. The summed E-state index contributed by atoms with van der Waals surface area (Å²) in [4.78, 5) is 53.6. The zero-order valence-electron chi connectivity index (χ0n) is 23.5. The molecule has 3 amide bonds. The van der Waals surface area contributed by atoms with Crippen molar-refractivity contribution in [1.82, 2.24) is 15.5 Å². The Morgan fingerprint density at radius 1 is 1.03 bits per heavy atom. The van der Waals surface area contributed by atoms with Gasteiger partial charge in [-0.15, -0.1) is 0 Å². The molecule has 37 heavy (non-hydrogen) atoms. The van der Waals surface area contributed by atoms with Gasteiger partial charge in [0, 0.05) is 5.54 Å². The minimum absolute atomic E-state index is 0.00521.